The Labute approximate surface area is 126 Å². The van der Waals surface area contributed by atoms with Crippen molar-refractivity contribution in [1.29, 1.82) is 0 Å². The zero-order valence-corrected chi connectivity index (χ0v) is 13.3. The van der Waals surface area contributed by atoms with E-state index in [0.717, 1.165) is 34.9 Å². The maximum Gasteiger partial charge on any atom is 0.118 e. The second-order valence-electron chi connectivity index (χ2n) is 5.89. The van der Waals surface area contributed by atoms with Crippen LogP contribution in [0, 0.1) is 12.8 Å². The molecule has 21 heavy (non-hydrogen) atoms. The van der Waals surface area contributed by atoms with E-state index in [4.69, 9.17) is 15.5 Å². The molecule has 1 heterocycles. The number of rotatable bonds is 6. The standard InChI is InChI=1S/C17H25N3O/c1-11(2)9-14(10-18)17-19-12(3)16(20-17)13-5-7-15(21-4)8-6-13/h5-8,11,14H,9-10,18H2,1-4H3,(H,19,20). The van der Waals surface area contributed by atoms with E-state index in [2.05, 4.69) is 25.8 Å². The average Bonchev–Trinajstić information content (AvgIpc) is 2.86. The van der Waals surface area contributed by atoms with Gasteiger partial charge >= 0.3 is 0 Å². The molecule has 2 rings (SSSR count). The van der Waals surface area contributed by atoms with Crippen LogP contribution in [0.25, 0.3) is 11.3 Å². The van der Waals surface area contributed by atoms with Gasteiger partial charge in [-0.2, -0.15) is 0 Å². The first-order valence-electron chi connectivity index (χ1n) is 7.46. The Morgan fingerprint density at radius 1 is 1.24 bits per heavy atom. The van der Waals surface area contributed by atoms with Gasteiger partial charge in [-0.25, -0.2) is 4.98 Å². The Kier molecular flexibility index (Phi) is 5.02. The van der Waals surface area contributed by atoms with Crippen molar-refractivity contribution in [1.82, 2.24) is 9.97 Å². The number of hydrogen-bond donors (Lipinski definition) is 2. The van der Waals surface area contributed by atoms with Crippen molar-refractivity contribution in [2.45, 2.75) is 33.1 Å². The van der Waals surface area contributed by atoms with Crippen molar-refractivity contribution in [2.24, 2.45) is 11.7 Å². The second-order valence-corrected chi connectivity index (χ2v) is 5.89. The van der Waals surface area contributed by atoms with E-state index < -0.39 is 0 Å². The molecular formula is C17H25N3O. The molecule has 1 aromatic carbocycles. The number of benzene rings is 1. The molecule has 114 valence electrons. The minimum Gasteiger partial charge on any atom is -0.497 e. The molecule has 1 aromatic heterocycles. The smallest absolute Gasteiger partial charge is 0.118 e. The molecule has 4 heteroatoms. The van der Waals surface area contributed by atoms with Crippen LogP contribution in [0.5, 0.6) is 5.75 Å². The van der Waals surface area contributed by atoms with Crippen LogP contribution < -0.4 is 10.5 Å². The summed E-state index contributed by atoms with van der Waals surface area (Å²) >= 11 is 0. The summed E-state index contributed by atoms with van der Waals surface area (Å²) in [7, 11) is 1.67. The highest BCUT2D eigenvalue weighted by Crippen LogP contribution is 2.27. The largest absolute Gasteiger partial charge is 0.497 e. The molecule has 1 unspecified atom stereocenters. The Morgan fingerprint density at radius 3 is 2.43 bits per heavy atom. The average molecular weight is 287 g/mol. The van der Waals surface area contributed by atoms with Crippen molar-refractivity contribution in [3.63, 3.8) is 0 Å². The quantitative estimate of drug-likeness (QED) is 0.855. The highest BCUT2D eigenvalue weighted by atomic mass is 16.5. The summed E-state index contributed by atoms with van der Waals surface area (Å²) in [4.78, 5) is 8.19. The van der Waals surface area contributed by atoms with Gasteiger partial charge in [0.15, 0.2) is 0 Å². The SMILES string of the molecule is COc1ccc(-c2nc(C(CN)CC(C)C)[nH]c2C)cc1. The Hall–Kier alpha value is -1.81. The van der Waals surface area contributed by atoms with Crippen molar-refractivity contribution in [3.8, 4) is 17.0 Å². The van der Waals surface area contributed by atoms with Gasteiger partial charge in [-0.3, -0.25) is 0 Å². The predicted octanol–water partition coefficient (Wildman–Crippen LogP) is 3.48. The van der Waals surface area contributed by atoms with Crippen molar-refractivity contribution < 1.29 is 4.74 Å². The fourth-order valence-corrected chi connectivity index (χ4v) is 2.60. The topological polar surface area (TPSA) is 63.9 Å². The summed E-state index contributed by atoms with van der Waals surface area (Å²) in [6.07, 6.45) is 1.05. The fraction of sp³-hybridized carbons (Fsp3) is 0.471. The van der Waals surface area contributed by atoms with Gasteiger partial charge in [-0.1, -0.05) is 13.8 Å². The van der Waals surface area contributed by atoms with Gasteiger partial charge in [0.25, 0.3) is 0 Å². The van der Waals surface area contributed by atoms with Crippen LogP contribution >= 0.6 is 0 Å². The number of nitrogens with zero attached hydrogens (tertiary/aromatic N) is 1. The molecule has 0 aliphatic rings. The fourth-order valence-electron chi connectivity index (χ4n) is 2.60. The Bertz CT molecular complexity index is 572. The first kappa shape index (κ1) is 15.6. The maximum absolute atomic E-state index is 5.91. The minimum atomic E-state index is 0.288. The Balaban J connectivity index is 2.29. The first-order valence-corrected chi connectivity index (χ1v) is 7.46. The number of hydrogen-bond acceptors (Lipinski definition) is 3. The van der Waals surface area contributed by atoms with Gasteiger partial charge in [0.2, 0.25) is 0 Å². The zero-order valence-electron chi connectivity index (χ0n) is 13.3. The zero-order chi connectivity index (χ0) is 15.4. The molecule has 0 bridgehead atoms. The van der Waals surface area contributed by atoms with E-state index in [0.29, 0.717) is 12.5 Å². The number of imidazole rings is 1. The number of aryl methyl sites for hydroxylation is 1. The van der Waals surface area contributed by atoms with Crippen molar-refractivity contribution >= 4 is 0 Å². The van der Waals surface area contributed by atoms with Gasteiger partial charge in [0.05, 0.1) is 12.8 Å². The third kappa shape index (κ3) is 3.64. The van der Waals surface area contributed by atoms with Crippen molar-refractivity contribution in [3.05, 3.63) is 35.8 Å². The van der Waals surface area contributed by atoms with E-state index in [-0.39, 0.29) is 5.92 Å². The third-order valence-corrected chi connectivity index (χ3v) is 3.69. The molecule has 0 saturated heterocycles. The molecule has 0 amide bonds. The molecule has 3 N–H and O–H groups in total. The highest BCUT2D eigenvalue weighted by molar-refractivity contribution is 5.62. The van der Waals surface area contributed by atoms with Crippen LogP contribution in [0.1, 0.15) is 37.7 Å². The van der Waals surface area contributed by atoms with Crippen LogP contribution in [0.4, 0.5) is 0 Å². The van der Waals surface area contributed by atoms with E-state index in [1.54, 1.807) is 7.11 Å². The molecular weight excluding hydrogens is 262 g/mol. The summed E-state index contributed by atoms with van der Waals surface area (Å²) in [5, 5.41) is 0. The molecule has 1 atom stereocenters. The summed E-state index contributed by atoms with van der Waals surface area (Å²) in [6, 6.07) is 7.98. The number of methoxy groups -OCH3 is 1. The van der Waals surface area contributed by atoms with Crippen molar-refractivity contribution in [2.75, 3.05) is 13.7 Å². The number of aromatic nitrogens is 2. The summed E-state index contributed by atoms with van der Waals surface area (Å²) < 4.78 is 5.20. The molecule has 0 spiro atoms. The van der Waals surface area contributed by atoms with Crippen LogP contribution in [-0.2, 0) is 0 Å². The van der Waals surface area contributed by atoms with Crippen LogP contribution in [0.3, 0.4) is 0 Å². The molecule has 0 saturated carbocycles. The molecule has 0 aliphatic heterocycles. The lowest BCUT2D eigenvalue weighted by molar-refractivity contribution is 0.415. The lowest BCUT2D eigenvalue weighted by Crippen LogP contribution is -2.16. The Morgan fingerprint density at radius 2 is 1.90 bits per heavy atom. The van der Waals surface area contributed by atoms with Gasteiger partial charge in [-0.15, -0.1) is 0 Å². The number of nitrogens with two attached hydrogens (primary N) is 1. The van der Waals surface area contributed by atoms with E-state index in [1.807, 2.05) is 24.3 Å². The molecule has 2 aromatic rings. The predicted molar refractivity (Wildman–Crippen MR) is 86.6 cm³/mol. The summed E-state index contributed by atoms with van der Waals surface area (Å²) in [5.41, 5.74) is 9.08. The summed E-state index contributed by atoms with van der Waals surface area (Å²) in [6.45, 7) is 7.10. The van der Waals surface area contributed by atoms with Crippen LogP contribution in [0.15, 0.2) is 24.3 Å². The maximum atomic E-state index is 5.91. The van der Waals surface area contributed by atoms with E-state index in [1.165, 1.54) is 0 Å². The monoisotopic (exact) mass is 287 g/mol. The first-order chi connectivity index (χ1) is 10.0. The van der Waals surface area contributed by atoms with Crippen LogP contribution in [-0.4, -0.2) is 23.6 Å². The van der Waals surface area contributed by atoms with Gasteiger partial charge in [0.1, 0.15) is 11.6 Å². The van der Waals surface area contributed by atoms with Gasteiger partial charge in [0, 0.05) is 23.7 Å². The highest BCUT2D eigenvalue weighted by Gasteiger charge is 2.18. The third-order valence-electron chi connectivity index (χ3n) is 3.69. The number of nitrogens with one attached hydrogen (secondary N) is 1. The van der Waals surface area contributed by atoms with Gasteiger partial charge < -0.3 is 15.5 Å². The normalized spacial score (nSPS) is 12.7. The van der Waals surface area contributed by atoms with Gasteiger partial charge in [-0.05, 0) is 43.5 Å². The molecule has 0 fully saturated rings. The molecule has 0 aliphatic carbocycles. The van der Waals surface area contributed by atoms with Crippen LogP contribution in [0.2, 0.25) is 0 Å². The number of H-pyrrole nitrogens is 1. The molecule has 4 nitrogen and oxygen atoms in total. The number of ether oxygens (including phenoxy) is 1. The van der Waals surface area contributed by atoms with E-state index in [9.17, 15) is 0 Å². The number of aromatic amines is 1. The van der Waals surface area contributed by atoms with E-state index >= 15 is 0 Å². The lowest BCUT2D eigenvalue weighted by atomic mass is 9.97. The lowest BCUT2D eigenvalue weighted by Gasteiger charge is -2.14. The molecule has 0 radical (unpaired) electrons. The summed E-state index contributed by atoms with van der Waals surface area (Å²) in [5.74, 6) is 2.74. The second kappa shape index (κ2) is 6.76. The minimum absolute atomic E-state index is 0.288.